The number of aliphatic hydroxyl groups excluding tert-OH is 1. The largest absolute Gasteiger partial charge is 0.388 e. The third kappa shape index (κ3) is 2.76. The van der Waals surface area contributed by atoms with Gasteiger partial charge in [0, 0.05) is 23.7 Å². The van der Waals surface area contributed by atoms with Gasteiger partial charge in [-0.3, -0.25) is 4.98 Å². The van der Waals surface area contributed by atoms with Crippen LogP contribution in [-0.2, 0) is 12.8 Å². The van der Waals surface area contributed by atoms with E-state index in [1.807, 2.05) is 19.2 Å². The monoisotopic (exact) mass is 262 g/mol. The predicted molar refractivity (Wildman–Crippen MR) is 73.9 cm³/mol. The smallest absolute Gasteiger partial charge is 0.0960 e. The van der Waals surface area contributed by atoms with Crippen LogP contribution in [0.2, 0.25) is 0 Å². The predicted octanol–water partition coefficient (Wildman–Crippen LogP) is 2.99. The number of aliphatic hydroxyl groups is 1. The van der Waals surface area contributed by atoms with E-state index >= 15 is 0 Å². The van der Waals surface area contributed by atoms with E-state index in [0.29, 0.717) is 6.42 Å². The van der Waals surface area contributed by atoms with E-state index in [1.54, 1.807) is 17.5 Å². The lowest BCUT2D eigenvalue weighted by Crippen LogP contribution is -2.05. The van der Waals surface area contributed by atoms with E-state index in [2.05, 4.69) is 23.8 Å². The molecule has 2 aromatic heterocycles. The summed E-state index contributed by atoms with van der Waals surface area (Å²) in [6.07, 6.45) is 4.53. The maximum atomic E-state index is 10.3. The van der Waals surface area contributed by atoms with Gasteiger partial charge in [-0.15, -0.1) is 11.3 Å². The molecule has 0 amide bonds. The van der Waals surface area contributed by atoms with E-state index in [1.165, 1.54) is 4.88 Å². The lowest BCUT2D eigenvalue weighted by molar-refractivity contribution is 0.177. The van der Waals surface area contributed by atoms with Gasteiger partial charge in [0.25, 0.3) is 0 Å². The Kier molecular flexibility index (Phi) is 4.09. The van der Waals surface area contributed by atoms with Crippen LogP contribution in [0.3, 0.4) is 0 Å². The van der Waals surface area contributed by atoms with Crippen molar-refractivity contribution in [3.8, 4) is 0 Å². The first-order chi connectivity index (χ1) is 8.61. The van der Waals surface area contributed by atoms with E-state index in [-0.39, 0.29) is 0 Å². The second kappa shape index (κ2) is 5.59. The number of hydrogen-bond donors (Lipinski definition) is 1. The summed E-state index contributed by atoms with van der Waals surface area (Å²) in [4.78, 5) is 9.80. The van der Waals surface area contributed by atoms with Gasteiger partial charge < -0.3 is 5.11 Å². The topological polar surface area (TPSA) is 46.0 Å². The van der Waals surface area contributed by atoms with Crippen molar-refractivity contribution in [1.82, 2.24) is 9.97 Å². The van der Waals surface area contributed by atoms with Crippen LogP contribution in [-0.4, -0.2) is 15.1 Å². The summed E-state index contributed by atoms with van der Waals surface area (Å²) in [7, 11) is 0. The molecule has 18 heavy (non-hydrogen) atoms. The highest BCUT2D eigenvalue weighted by molar-refractivity contribution is 7.11. The molecule has 0 aliphatic heterocycles. The van der Waals surface area contributed by atoms with Gasteiger partial charge in [-0.25, -0.2) is 4.98 Å². The SMILES string of the molecule is CCc1cnccc1C(O)Cc1nc(C)c(C)s1. The number of hydrogen-bond acceptors (Lipinski definition) is 4. The van der Waals surface area contributed by atoms with Crippen molar-refractivity contribution in [2.45, 2.75) is 39.7 Å². The zero-order valence-electron chi connectivity index (χ0n) is 11.0. The minimum absolute atomic E-state index is 0.493. The summed E-state index contributed by atoms with van der Waals surface area (Å²) in [5, 5.41) is 11.3. The fourth-order valence-electron chi connectivity index (χ4n) is 1.96. The first kappa shape index (κ1) is 13.2. The minimum atomic E-state index is -0.493. The Morgan fingerprint density at radius 3 is 2.78 bits per heavy atom. The Morgan fingerprint density at radius 1 is 1.39 bits per heavy atom. The lowest BCUT2D eigenvalue weighted by atomic mass is 10.0. The number of rotatable bonds is 4. The molecule has 96 valence electrons. The number of aryl methyl sites for hydroxylation is 3. The molecule has 2 rings (SSSR count). The summed E-state index contributed by atoms with van der Waals surface area (Å²) >= 11 is 1.66. The van der Waals surface area contributed by atoms with Crippen molar-refractivity contribution >= 4 is 11.3 Å². The van der Waals surface area contributed by atoms with Gasteiger partial charge in [0.2, 0.25) is 0 Å². The van der Waals surface area contributed by atoms with Crippen LogP contribution in [0.4, 0.5) is 0 Å². The first-order valence-electron chi connectivity index (χ1n) is 6.15. The van der Waals surface area contributed by atoms with Crippen molar-refractivity contribution < 1.29 is 5.11 Å². The summed E-state index contributed by atoms with van der Waals surface area (Å²) in [6, 6.07) is 1.90. The van der Waals surface area contributed by atoms with Gasteiger partial charge in [-0.1, -0.05) is 6.92 Å². The number of pyridine rings is 1. The van der Waals surface area contributed by atoms with Gasteiger partial charge in [0.15, 0.2) is 0 Å². The molecular formula is C14H18N2OS. The molecule has 0 aliphatic carbocycles. The highest BCUT2D eigenvalue weighted by atomic mass is 32.1. The average molecular weight is 262 g/mol. The van der Waals surface area contributed by atoms with Crippen molar-refractivity contribution in [2.75, 3.05) is 0 Å². The standard InChI is InChI=1S/C14H18N2OS/c1-4-11-8-15-6-5-12(11)13(17)7-14-16-9(2)10(3)18-14/h5-6,8,13,17H,4,7H2,1-3H3. The molecule has 4 heteroatoms. The van der Waals surface area contributed by atoms with Crippen LogP contribution in [0.5, 0.6) is 0 Å². The molecule has 3 nitrogen and oxygen atoms in total. The fraction of sp³-hybridized carbons (Fsp3) is 0.429. The molecule has 0 aromatic carbocycles. The Balaban J connectivity index is 2.18. The Morgan fingerprint density at radius 2 is 2.17 bits per heavy atom. The molecule has 2 heterocycles. The molecule has 1 atom stereocenters. The van der Waals surface area contributed by atoms with E-state index in [4.69, 9.17) is 0 Å². The Bertz CT molecular complexity index is 517. The maximum Gasteiger partial charge on any atom is 0.0960 e. The maximum absolute atomic E-state index is 10.3. The summed E-state index contributed by atoms with van der Waals surface area (Å²) < 4.78 is 0. The van der Waals surface area contributed by atoms with E-state index in [0.717, 1.165) is 28.2 Å². The fourth-order valence-corrected chi connectivity index (χ4v) is 2.93. The minimum Gasteiger partial charge on any atom is -0.388 e. The summed E-state index contributed by atoms with van der Waals surface area (Å²) in [5.74, 6) is 0. The zero-order valence-corrected chi connectivity index (χ0v) is 11.8. The zero-order chi connectivity index (χ0) is 13.1. The molecule has 0 aliphatic rings. The molecule has 0 spiro atoms. The molecular weight excluding hydrogens is 244 g/mol. The molecule has 0 saturated heterocycles. The van der Waals surface area contributed by atoms with Gasteiger partial charge >= 0.3 is 0 Å². The molecule has 2 aromatic rings. The quantitative estimate of drug-likeness (QED) is 0.921. The van der Waals surface area contributed by atoms with Crippen LogP contribution >= 0.6 is 11.3 Å². The van der Waals surface area contributed by atoms with Crippen molar-refractivity contribution in [3.63, 3.8) is 0 Å². The molecule has 1 N–H and O–H groups in total. The van der Waals surface area contributed by atoms with Crippen LogP contribution in [0.15, 0.2) is 18.5 Å². The molecule has 0 bridgehead atoms. The van der Waals surface area contributed by atoms with Crippen LogP contribution in [0.25, 0.3) is 0 Å². The number of thiazole rings is 1. The summed E-state index contributed by atoms with van der Waals surface area (Å²) in [5.41, 5.74) is 3.14. The second-order valence-corrected chi connectivity index (χ2v) is 5.68. The van der Waals surface area contributed by atoms with Gasteiger partial charge in [0.05, 0.1) is 16.8 Å². The van der Waals surface area contributed by atoms with E-state index in [9.17, 15) is 5.11 Å². The highest BCUT2D eigenvalue weighted by Crippen LogP contribution is 2.25. The molecule has 0 fully saturated rings. The molecule has 0 saturated carbocycles. The van der Waals surface area contributed by atoms with Crippen molar-refractivity contribution in [1.29, 1.82) is 0 Å². The highest BCUT2D eigenvalue weighted by Gasteiger charge is 2.15. The normalized spacial score (nSPS) is 12.7. The van der Waals surface area contributed by atoms with Crippen molar-refractivity contribution in [3.05, 3.63) is 45.2 Å². The van der Waals surface area contributed by atoms with Gasteiger partial charge in [-0.2, -0.15) is 0 Å². The lowest BCUT2D eigenvalue weighted by Gasteiger charge is -2.12. The Hall–Kier alpha value is -1.26. The summed E-state index contributed by atoms with van der Waals surface area (Å²) in [6.45, 7) is 6.14. The molecule has 0 radical (unpaired) electrons. The van der Waals surface area contributed by atoms with E-state index < -0.39 is 6.10 Å². The van der Waals surface area contributed by atoms with Crippen LogP contribution in [0.1, 0.15) is 39.7 Å². The molecule has 1 unspecified atom stereocenters. The van der Waals surface area contributed by atoms with Gasteiger partial charge in [-0.05, 0) is 37.5 Å². The number of aromatic nitrogens is 2. The van der Waals surface area contributed by atoms with Crippen LogP contribution < -0.4 is 0 Å². The third-order valence-corrected chi connectivity index (χ3v) is 4.22. The second-order valence-electron chi connectivity index (χ2n) is 4.40. The first-order valence-corrected chi connectivity index (χ1v) is 6.97. The number of nitrogens with zero attached hydrogens (tertiary/aromatic N) is 2. The average Bonchev–Trinajstić information content (AvgIpc) is 2.68. The van der Waals surface area contributed by atoms with Crippen LogP contribution in [0, 0.1) is 13.8 Å². The Labute approximate surface area is 112 Å². The van der Waals surface area contributed by atoms with Gasteiger partial charge in [0.1, 0.15) is 0 Å². The van der Waals surface area contributed by atoms with Crippen molar-refractivity contribution in [2.24, 2.45) is 0 Å². The third-order valence-electron chi connectivity index (χ3n) is 3.12.